The van der Waals surface area contributed by atoms with Crippen LogP contribution in [0.3, 0.4) is 0 Å². The van der Waals surface area contributed by atoms with E-state index in [0.29, 0.717) is 0 Å². The van der Waals surface area contributed by atoms with E-state index in [4.69, 9.17) is 0 Å². The van der Waals surface area contributed by atoms with Gasteiger partial charge in [-0.15, -0.1) is 0 Å². The van der Waals surface area contributed by atoms with E-state index in [2.05, 4.69) is 229 Å². The summed E-state index contributed by atoms with van der Waals surface area (Å²) in [5.74, 6) is 0. The van der Waals surface area contributed by atoms with Crippen LogP contribution in [0.25, 0.3) is 98.7 Å². The predicted octanol–water partition coefficient (Wildman–Crippen LogP) is 16.4. The second kappa shape index (κ2) is 13.4. The molecule has 59 heavy (non-hydrogen) atoms. The van der Waals surface area contributed by atoms with Gasteiger partial charge in [-0.1, -0.05) is 176 Å². The molecule has 1 aliphatic carbocycles. The Morgan fingerprint density at radius 3 is 1.53 bits per heavy atom. The number of hydrogen-bond donors (Lipinski definition) is 0. The Labute approximate surface area is 343 Å². The van der Waals surface area contributed by atoms with Gasteiger partial charge in [0, 0.05) is 17.1 Å². The summed E-state index contributed by atoms with van der Waals surface area (Å²) < 4.78 is 0. The normalized spacial score (nSPS) is 11.7. The summed E-state index contributed by atoms with van der Waals surface area (Å²) in [6.07, 6.45) is 0. The van der Waals surface area contributed by atoms with Gasteiger partial charge in [0.05, 0.1) is 0 Å². The zero-order valence-corrected chi connectivity index (χ0v) is 32.3. The quantitative estimate of drug-likeness (QED) is 0.153. The Morgan fingerprint density at radius 2 is 0.746 bits per heavy atom. The van der Waals surface area contributed by atoms with Crippen molar-refractivity contribution in [3.05, 3.63) is 224 Å². The summed E-state index contributed by atoms with van der Waals surface area (Å²) in [5.41, 5.74) is 15.8. The monoisotopic (exact) mass is 747 g/mol. The van der Waals surface area contributed by atoms with Crippen LogP contribution in [-0.4, -0.2) is 0 Å². The van der Waals surface area contributed by atoms with Gasteiger partial charge in [-0.3, -0.25) is 0 Å². The van der Waals surface area contributed by atoms with Crippen molar-refractivity contribution in [3.63, 3.8) is 0 Å². The van der Waals surface area contributed by atoms with Crippen LogP contribution in [0.4, 0.5) is 17.1 Å². The SMILES string of the molecule is c1cc(-c2ccc3c(c2)-c2cccc4cccc-3c24)cc(N(c2ccc(-c3ccc4c(ccc5ccccc54)c3)cc2)c2ccc(-c3cccc4ccccc34)cc2)c1. The molecule has 0 saturated heterocycles. The number of anilines is 3. The molecule has 0 heterocycles. The highest BCUT2D eigenvalue weighted by Gasteiger charge is 2.22. The summed E-state index contributed by atoms with van der Waals surface area (Å²) in [6.45, 7) is 0. The summed E-state index contributed by atoms with van der Waals surface area (Å²) in [6, 6.07) is 82.5. The van der Waals surface area contributed by atoms with Crippen LogP contribution >= 0.6 is 0 Å². The van der Waals surface area contributed by atoms with E-state index in [1.54, 1.807) is 0 Å². The number of benzene rings is 11. The van der Waals surface area contributed by atoms with Crippen molar-refractivity contribution in [1.29, 1.82) is 0 Å². The molecule has 1 nitrogen and oxygen atoms in total. The molecule has 11 aromatic rings. The fourth-order valence-electron chi connectivity index (χ4n) is 9.51. The lowest BCUT2D eigenvalue weighted by Gasteiger charge is -2.26. The van der Waals surface area contributed by atoms with Gasteiger partial charge in [0.25, 0.3) is 0 Å². The van der Waals surface area contributed by atoms with Gasteiger partial charge in [0.1, 0.15) is 0 Å². The first-order valence-electron chi connectivity index (χ1n) is 20.4. The van der Waals surface area contributed by atoms with Crippen LogP contribution in [0.5, 0.6) is 0 Å². The van der Waals surface area contributed by atoms with E-state index >= 15 is 0 Å². The highest BCUT2D eigenvalue weighted by molar-refractivity contribution is 6.15. The van der Waals surface area contributed by atoms with Crippen molar-refractivity contribution in [2.75, 3.05) is 4.90 Å². The molecule has 0 N–H and O–H groups in total. The van der Waals surface area contributed by atoms with Crippen molar-refractivity contribution in [1.82, 2.24) is 0 Å². The molecule has 1 aliphatic rings. The topological polar surface area (TPSA) is 3.24 Å². The predicted molar refractivity (Wildman–Crippen MR) is 252 cm³/mol. The molecule has 0 saturated carbocycles. The first-order chi connectivity index (χ1) is 29.2. The minimum atomic E-state index is 1.10. The maximum Gasteiger partial charge on any atom is 0.0467 e. The van der Waals surface area contributed by atoms with E-state index in [0.717, 1.165) is 17.1 Å². The second-order valence-electron chi connectivity index (χ2n) is 15.7. The summed E-state index contributed by atoms with van der Waals surface area (Å²) in [7, 11) is 0. The molecule has 0 unspecified atom stereocenters. The van der Waals surface area contributed by atoms with Crippen LogP contribution in [-0.2, 0) is 0 Å². The van der Waals surface area contributed by atoms with Gasteiger partial charge in [0.2, 0.25) is 0 Å². The van der Waals surface area contributed by atoms with Crippen LogP contribution in [0.2, 0.25) is 0 Å². The zero-order chi connectivity index (χ0) is 38.9. The fourth-order valence-corrected chi connectivity index (χ4v) is 9.51. The number of fused-ring (bicyclic) bond motifs is 7. The Morgan fingerprint density at radius 1 is 0.220 bits per heavy atom. The number of nitrogens with zero attached hydrogens (tertiary/aromatic N) is 1. The van der Waals surface area contributed by atoms with Gasteiger partial charge in [-0.25, -0.2) is 0 Å². The Bertz CT molecular complexity index is 3420. The first kappa shape index (κ1) is 33.4. The molecule has 0 atom stereocenters. The Hall–Kier alpha value is -7.74. The molecule has 11 aromatic carbocycles. The highest BCUT2D eigenvalue weighted by atomic mass is 15.1. The van der Waals surface area contributed by atoms with E-state index in [1.807, 2.05) is 0 Å². The third-order valence-electron chi connectivity index (χ3n) is 12.4. The standard InChI is InChI=1S/C58H37N/c1-3-16-50-39(9-1)11-6-18-52(50)41-25-31-48(32-26-41)59(47-29-23-38(24-30-47)44-27-33-53-46(35-44)22-21-40-10-2-4-17-51(40)53)49-15-5-14-43(36-49)45-28-34-54-55-19-7-12-42-13-8-20-56(58(42)55)57(54)37-45/h1-37H. The largest absolute Gasteiger partial charge is 0.310 e. The van der Waals surface area contributed by atoms with Crippen LogP contribution < -0.4 is 4.90 Å². The van der Waals surface area contributed by atoms with Crippen LogP contribution in [0, 0.1) is 0 Å². The first-order valence-corrected chi connectivity index (χ1v) is 20.4. The number of rotatable bonds is 6. The lowest BCUT2D eigenvalue weighted by molar-refractivity contribution is 1.28. The van der Waals surface area contributed by atoms with Crippen molar-refractivity contribution in [2.24, 2.45) is 0 Å². The minimum absolute atomic E-state index is 1.10. The van der Waals surface area contributed by atoms with E-state index in [-0.39, 0.29) is 0 Å². The van der Waals surface area contributed by atoms with Crippen molar-refractivity contribution in [2.45, 2.75) is 0 Å². The molecular formula is C58H37N. The number of hydrogen-bond acceptors (Lipinski definition) is 1. The molecule has 0 aliphatic heterocycles. The van der Waals surface area contributed by atoms with Crippen molar-refractivity contribution >= 4 is 60.2 Å². The average molecular weight is 748 g/mol. The molecule has 0 aromatic heterocycles. The average Bonchev–Trinajstić information content (AvgIpc) is 3.63. The summed E-state index contributed by atoms with van der Waals surface area (Å²) in [4.78, 5) is 2.39. The van der Waals surface area contributed by atoms with Gasteiger partial charge < -0.3 is 4.90 Å². The van der Waals surface area contributed by atoms with Gasteiger partial charge >= 0.3 is 0 Å². The fraction of sp³-hybridized carbons (Fsp3) is 0. The molecular weight excluding hydrogens is 711 g/mol. The highest BCUT2D eigenvalue weighted by Crippen LogP contribution is 2.48. The molecule has 1 heteroatoms. The van der Waals surface area contributed by atoms with Crippen molar-refractivity contribution in [3.8, 4) is 55.6 Å². The molecule has 0 bridgehead atoms. The Balaban J connectivity index is 0.949. The summed E-state index contributed by atoms with van der Waals surface area (Å²) in [5, 5.41) is 10.3. The Kier molecular flexibility index (Phi) is 7.61. The molecule has 0 fully saturated rings. The van der Waals surface area contributed by atoms with Crippen LogP contribution in [0.1, 0.15) is 0 Å². The maximum absolute atomic E-state index is 2.39. The molecule has 0 radical (unpaired) electrons. The maximum atomic E-state index is 2.39. The molecule has 0 spiro atoms. The molecule has 274 valence electrons. The minimum Gasteiger partial charge on any atom is -0.310 e. The third-order valence-corrected chi connectivity index (χ3v) is 12.4. The van der Waals surface area contributed by atoms with Crippen LogP contribution in [0.15, 0.2) is 224 Å². The van der Waals surface area contributed by atoms with E-state index in [1.165, 1.54) is 98.7 Å². The van der Waals surface area contributed by atoms with Gasteiger partial charge in [0.15, 0.2) is 0 Å². The zero-order valence-electron chi connectivity index (χ0n) is 32.3. The smallest absolute Gasteiger partial charge is 0.0467 e. The van der Waals surface area contributed by atoms with Crippen molar-refractivity contribution < 1.29 is 0 Å². The van der Waals surface area contributed by atoms with Gasteiger partial charge in [-0.2, -0.15) is 0 Å². The molecule has 12 rings (SSSR count). The van der Waals surface area contributed by atoms with E-state index < -0.39 is 0 Å². The third kappa shape index (κ3) is 5.55. The van der Waals surface area contributed by atoms with Gasteiger partial charge in [-0.05, 0) is 147 Å². The summed E-state index contributed by atoms with van der Waals surface area (Å²) >= 11 is 0. The second-order valence-corrected chi connectivity index (χ2v) is 15.7. The lowest BCUT2D eigenvalue weighted by atomic mass is 9.96. The van der Waals surface area contributed by atoms with E-state index in [9.17, 15) is 0 Å². The lowest BCUT2D eigenvalue weighted by Crippen LogP contribution is -2.10. The molecule has 0 amide bonds.